The molecule has 1 aromatic rings. The Bertz CT molecular complexity index is 381. The van der Waals surface area contributed by atoms with Crippen LogP contribution in [0.2, 0.25) is 0 Å². The molecule has 0 bridgehead atoms. The van der Waals surface area contributed by atoms with Gasteiger partial charge in [0.1, 0.15) is 0 Å². The van der Waals surface area contributed by atoms with Crippen LogP contribution in [0.5, 0.6) is 0 Å². The molecule has 1 N–H and O–H groups in total. The first kappa shape index (κ1) is 11.4. The molecular weight excluding hydrogens is 196 g/mol. The smallest absolute Gasteiger partial charge is 0.0823 e. The van der Waals surface area contributed by atoms with Crippen molar-refractivity contribution in [3.05, 3.63) is 47.5 Å². The summed E-state index contributed by atoms with van der Waals surface area (Å²) in [6.45, 7) is 6.00. The molecular formula is C15H20O. The molecule has 1 aliphatic carbocycles. The van der Waals surface area contributed by atoms with E-state index in [2.05, 4.69) is 24.8 Å². The molecule has 1 nitrogen and oxygen atoms in total. The number of aliphatic hydroxyl groups is 1. The number of aryl methyl sites for hydroxylation is 1. The van der Waals surface area contributed by atoms with Gasteiger partial charge in [-0.15, -0.1) is 6.58 Å². The Kier molecular flexibility index (Phi) is 3.45. The fourth-order valence-electron chi connectivity index (χ4n) is 2.68. The van der Waals surface area contributed by atoms with Crippen molar-refractivity contribution in [3.63, 3.8) is 0 Å². The van der Waals surface area contributed by atoms with Crippen molar-refractivity contribution < 1.29 is 5.11 Å². The molecule has 0 aliphatic heterocycles. The highest BCUT2D eigenvalue weighted by atomic mass is 16.3. The van der Waals surface area contributed by atoms with E-state index in [-0.39, 0.29) is 6.10 Å². The highest BCUT2D eigenvalue weighted by Gasteiger charge is 2.25. The summed E-state index contributed by atoms with van der Waals surface area (Å²) < 4.78 is 0. The Labute approximate surface area is 97.8 Å². The van der Waals surface area contributed by atoms with E-state index in [1.165, 1.54) is 17.6 Å². The summed E-state index contributed by atoms with van der Waals surface area (Å²) in [6, 6.07) is 8.29. The lowest BCUT2D eigenvalue weighted by Crippen LogP contribution is -2.12. The summed E-state index contributed by atoms with van der Waals surface area (Å²) in [5.41, 5.74) is 3.62. The average Bonchev–Trinajstić information content (AvgIpc) is 2.40. The molecule has 0 saturated heterocycles. The van der Waals surface area contributed by atoms with E-state index >= 15 is 0 Å². The third-order valence-electron chi connectivity index (χ3n) is 3.45. The largest absolute Gasteiger partial charge is 0.388 e. The van der Waals surface area contributed by atoms with Gasteiger partial charge in [0, 0.05) is 0 Å². The van der Waals surface area contributed by atoms with Gasteiger partial charge in [-0.3, -0.25) is 0 Å². The number of allylic oxidation sites excluding steroid dienone is 1. The molecule has 1 heteroatoms. The number of benzene rings is 1. The van der Waals surface area contributed by atoms with Gasteiger partial charge < -0.3 is 5.11 Å². The summed E-state index contributed by atoms with van der Waals surface area (Å²) in [5.74, 6) is 0.348. The first-order chi connectivity index (χ1) is 7.68. The van der Waals surface area contributed by atoms with Gasteiger partial charge in [-0.25, -0.2) is 0 Å². The summed E-state index contributed by atoms with van der Waals surface area (Å²) in [4.78, 5) is 0. The quantitative estimate of drug-likeness (QED) is 0.591. The van der Waals surface area contributed by atoms with Crippen LogP contribution in [0.25, 0.3) is 0 Å². The molecule has 2 atom stereocenters. The van der Waals surface area contributed by atoms with Gasteiger partial charge in [-0.05, 0) is 49.7 Å². The predicted octanol–water partition coefficient (Wildman–Crippen LogP) is 3.64. The van der Waals surface area contributed by atoms with Crippen LogP contribution in [0.4, 0.5) is 0 Å². The Morgan fingerprint density at radius 2 is 2.19 bits per heavy atom. The molecule has 1 aliphatic rings. The maximum Gasteiger partial charge on any atom is 0.0823 e. The molecule has 16 heavy (non-hydrogen) atoms. The van der Waals surface area contributed by atoms with E-state index in [1.54, 1.807) is 0 Å². The van der Waals surface area contributed by atoms with Gasteiger partial charge in [0.05, 0.1) is 6.10 Å². The van der Waals surface area contributed by atoms with E-state index in [9.17, 15) is 5.11 Å². The second-order valence-corrected chi connectivity index (χ2v) is 4.96. The van der Waals surface area contributed by atoms with Crippen molar-refractivity contribution >= 4 is 0 Å². The molecule has 0 fully saturated rings. The molecule has 2 unspecified atom stereocenters. The highest BCUT2D eigenvalue weighted by molar-refractivity contribution is 5.30. The van der Waals surface area contributed by atoms with Gasteiger partial charge in [0.2, 0.25) is 0 Å². The van der Waals surface area contributed by atoms with Crippen LogP contribution in [0.15, 0.2) is 36.4 Å². The number of hydrogen-bond donors (Lipinski definition) is 1. The standard InChI is InChI=1S/C15H20O/c1-11(2)10-13-8-5-7-12-6-3-4-9-14(12)15(13)16/h3-4,6,9,13,15-16H,1,5,7-8,10H2,2H3. The number of hydrogen-bond acceptors (Lipinski definition) is 1. The van der Waals surface area contributed by atoms with Gasteiger partial charge >= 0.3 is 0 Å². The van der Waals surface area contributed by atoms with E-state index in [4.69, 9.17) is 0 Å². The predicted molar refractivity (Wildman–Crippen MR) is 67.3 cm³/mol. The van der Waals surface area contributed by atoms with Crippen molar-refractivity contribution in [2.45, 2.75) is 38.7 Å². The van der Waals surface area contributed by atoms with Crippen LogP contribution < -0.4 is 0 Å². The summed E-state index contributed by atoms with van der Waals surface area (Å²) >= 11 is 0. The van der Waals surface area contributed by atoms with E-state index in [1.807, 2.05) is 13.0 Å². The minimum absolute atomic E-state index is 0.310. The Morgan fingerprint density at radius 1 is 1.44 bits per heavy atom. The molecule has 0 amide bonds. The van der Waals surface area contributed by atoms with Gasteiger partial charge in [0.15, 0.2) is 0 Å². The molecule has 0 saturated carbocycles. The van der Waals surface area contributed by atoms with E-state index in [0.717, 1.165) is 24.8 Å². The third kappa shape index (κ3) is 2.35. The van der Waals surface area contributed by atoms with Crippen molar-refractivity contribution in [3.8, 4) is 0 Å². The zero-order valence-corrected chi connectivity index (χ0v) is 9.95. The first-order valence-corrected chi connectivity index (χ1v) is 6.08. The molecule has 0 radical (unpaired) electrons. The second-order valence-electron chi connectivity index (χ2n) is 4.96. The molecule has 0 heterocycles. The Hall–Kier alpha value is -1.08. The summed E-state index contributed by atoms with van der Waals surface area (Å²) in [5, 5.41) is 10.4. The first-order valence-electron chi connectivity index (χ1n) is 6.08. The van der Waals surface area contributed by atoms with Gasteiger partial charge in [0.25, 0.3) is 0 Å². The lowest BCUT2D eigenvalue weighted by Gasteiger charge is -2.21. The fourth-order valence-corrected chi connectivity index (χ4v) is 2.68. The average molecular weight is 216 g/mol. The molecule has 0 spiro atoms. The fraction of sp³-hybridized carbons (Fsp3) is 0.467. The van der Waals surface area contributed by atoms with Crippen molar-refractivity contribution in [2.75, 3.05) is 0 Å². The molecule has 0 aromatic heterocycles. The minimum atomic E-state index is -0.310. The normalized spacial score (nSPS) is 24.6. The van der Waals surface area contributed by atoms with E-state index < -0.39 is 0 Å². The highest BCUT2D eigenvalue weighted by Crippen LogP contribution is 2.36. The summed E-state index contributed by atoms with van der Waals surface area (Å²) in [7, 11) is 0. The lowest BCUT2D eigenvalue weighted by atomic mass is 9.88. The number of aliphatic hydroxyl groups excluding tert-OH is 1. The van der Waals surface area contributed by atoms with Crippen molar-refractivity contribution in [1.29, 1.82) is 0 Å². The van der Waals surface area contributed by atoms with Crippen molar-refractivity contribution in [1.82, 2.24) is 0 Å². The molecule has 1 aromatic carbocycles. The van der Waals surface area contributed by atoms with Crippen LogP contribution in [0.3, 0.4) is 0 Å². The SMILES string of the molecule is C=C(C)CC1CCCc2ccccc2C1O. The summed E-state index contributed by atoms with van der Waals surface area (Å²) in [6.07, 6.45) is 4.00. The van der Waals surface area contributed by atoms with Crippen LogP contribution in [-0.2, 0) is 6.42 Å². The van der Waals surface area contributed by atoms with Gasteiger partial charge in [-0.1, -0.05) is 29.8 Å². The van der Waals surface area contributed by atoms with Crippen LogP contribution in [0, 0.1) is 5.92 Å². The van der Waals surface area contributed by atoms with Gasteiger partial charge in [-0.2, -0.15) is 0 Å². The zero-order chi connectivity index (χ0) is 11.5. The minimum Gasteiger partial charge on any atom is -0.388 e. The maximum atomic E-state index is 10.4. The van der Waals surface area contributed by atoms with Crippen molar-refractivity contribution in [2.24, 2.45) is 5.92 Å². The topological polar surface area (TPSA) is 20.2 Å². The number of rotatable bonds is 2. The monoisotopic (exact) mass is 216 g/mol. The van der Waals surface area contributed by atoms with E-state index in [0.29, 0.717) is 5.92 Å². The Balaban J connectivity index is 2.26. The lowest BCUT2D eigenvalue weighted by molar-refractivity contribution is 0.105. The van der Waals surface area contributed by atoms with Crippen LogP contribution >= 0.6 is 0 Å². The molecule has 86 valence electrons. The second kappa shape index (κ2) is 4.84. The number of fused-ring (bicyclic) bond motifs is 1. The Morgan fingerprint density at radius 3 is 2.94 bits per heavy atom. The maximum absolute atomic E-state index is 10.4. The zero-order valence-electron chi connectivity index (χ0n) is 9.95. The van der Waals surface area contributed by atoms with Crippen LogP contribution in [-0.4, -0.2) is 5.11 Å². The third-order valence-corrected chi connectivity index (χ3v) is 3.45. The van der Waals surface area contributed by atoms with Crippen LogP contribution in [0.1, 0.15) is 43.4 Å². The molecule has 2 rings (SSSR count).